The average Bonchev–Trinajstić information content (AvgIpc) is 3.24. The quantitative estimate of drug-likeness (QED) is 0.0344. The zero-order chi connectivity index (χ0) is 46.3. The molecule has 0 aliphatic rings. The molecular weight excluding hydrogens is 781 g/mol. The Morgan fingerprint density at radius 2 is 0.460 bits per heavy atom. The lowest BCUT2D eigenvalue weighted by Gasteiger charge is -2.18. The van der Waals surface area contributed by atoms with E-state index in [1.54, 1.807) is 0 Å². The van der Waals surface area contributed by atoms with Gasteiger partial charge in [-0.2, -0.15) is 0 Å². The Kier molecular flexibility index (Phi) is 47.1. The number of hydrogen-bond acceptors (Lipinski definition) is 6. The third-order valence-corrected chi connectivity index (χ3v) is 12.9. The number of carbonyl (C=O) groups excluding carboxylic acids is 3. The first-order chi connectivity index (χ1) is 30.6. The summed E-state index contributed by atoms with van der Waals surface area (Å²) < 4.78 is 16.9. The molecule has 0 aromatic carbocycles. The van der Waals surface area contributed by atoms with E-state index in [0.29, 0.717) is 19.3 Å². The summed E-state index contributed by atoms with van der Waals surface area (Å²) in [6.07, 6.45) is 49.6. The van der Waals surface area contributed by atoms with Crippen LogP contribution < -0.4 is 0 Å². The zero-order valence-electron chi connectivity index (χ0n) is 43.4. The average molecular weight is 892 g/mol. The number of ether oxygens (including phenoxy) is 3. The monoisotopic (exact) mass is 891 g/mol. The molecule has 1 atom stereocenters. The van der Waals surface area contributed by atoms with Gasteiger partial charge in [-0.15, -0.1) is 0 Å². The van der Waals surface area contributed by atoms with E-state index < -0.39 is 6.10 Å². The Morgan fingerprint density at radius 3 is 0.683 bits per heavy atom. The lowest BCUT2D eigenvalue weighted by molar-refractivity contribution is -0.167. The van der Waals surface area contributed by atoms with Crippen LogP contribution in [0.5, 0.6) is 0 Å². The van der Waals surface area contributed by atoms with Gasteiger partial charge in [-0.05, 0) is 37.0 Å². The largest absolute Gasteiger partial charge is 0.462 e. The number of carbonyl (C=O) groups is 3. The van der Waals surface area contributed by atoms with Gasteiger partial charge in [-0.3, -0.25) is 14.4 Å². The maximum atomic E-state index is 12.8. The van der Waals surface area contributed by atoms with Crippen LogP contribution in [-0.2, 0) is 28.6 Å². The maximum absolute atomic E-state index is 12.8. The van der Waals surface area contributed by atoms with Crippen LogP contribution in [0.1, 0.15) is 311 Å². The van der Waals surface area contributed by atoms with E-state index in [0.717, 1.165) is 75.5 Å². The van der Waals surface area contributed by atoms with Crippen LogP contribution in [0.25, 0.3) is 0 Å². The van der Waals surface area contributed by atoms with Crippen molar-refractivity contribution in [2.45, 2.75) is 317 Å². The molecule has 6 heteroatoms. The third-order valence-electron chi connectivity index (χ3n) is 12.9. The van der Waals surface area contributed by atoms with E-state index >= 15 is 0 Å². The normalized spacial score (nSPS) is 12.1. The number of hydrogen-bond donors (Lipinski definition) is 0. The third kappa shape index (κ3) is 51.3. The minimum Gasteiger partial charge on any atom is -0.462 e. The van der Waals surface area contributed by atoms with Gasteiger partial charge in [0.05, 0.1) is 0 Å². The van der Waals surface area contributed by atoms with Crippen molar-refractivity contribution in [3.05, 3.63) is 0 Å². The number of esters is 3. The summed E-state index contributed by atoms with van der Waals surface area (Å²) in [6, 6.07) is 0. The van der Waals surface area contributed by atoms with Crippen LogP contribution >= 0.6 is 0 Å². The van der Waals surface area contributed by atoms with E-state index in [2.05, 4.69) is 41.5 Å². The highest BCUT2D eigenvalue weighted by molar-refractivity contribution is 5.71. The highest BCUT2D eigenvalue weighted by Gasteiger charge is 2.19. The fourth-order valence-corrected chi connectivity index (χ4v) is 8.65. The van der Waals surface area contributed by atoms with E-state index in [1.807, 2.05) is 0 Å². The molecule has 6 nitrogen and oxygen atoms in total. The highest BCUT2D eigenvalue weighted by atomic mass is 16.6. The fourth-order valence-electron chi connectivity index (χ4n) is 8.65. The van der Waals surface area contributed by atoms with Gasteiger partial charge in [0.2, 0.25) is 0 Å². The van der Waals surface area contributed by atoms with Crippen LogP contribution in [0, 0.1) is 17.8 Å². The van der Waals surface area contributed by atoms with E-state index in [-0.39, 0.29) is 31.1 Å². The first kappa shape index (κ1) is 61.4. The van der Waals surface area contributed by atoms with Gasteiger partial charge in [-0.25, -0.2) is 0 Å². The molecule has 0 N–H and O–H groups in total. The number of unbranched alkanes of at least 4 members (excludes halogenated alkanes) is 33. The number of rotatable bonds is 50. The molecule has 0 saturated heterocycles. The minimum absolute atomic E-state index is 0.0641. The molecule has 0 aliphatic heterocycles. The second kappa shape index (κ2) is 48.3. The van der Waals surface area contributed by atoms with E-state index in [9.17, 15) is 14.4 Å². The molecule has 0 bridgehead atoms. The van der Waals surface area contributed by atoms with Crippen LogP contribution in [0.3, 0.4) is 0 Å². The van der Waals surface area contributed by atoms with Crippen LogP contribution in [-0.4, -0.2) is 37.2 Å². The summed E-state index contributed by atoms with van der Waals surface area (Å²) in [6.45, 7) is 13.7. The molecule has 0 fully saturated rings. The topological polar surface area (TPSA) is 78.9 Å². The van der Waals surface area contributed by atoms with Crippen LogP contribution in [0.2, 0.25) is 0 Å². The SMILES string of the molecule is CC(C)CCCCCCCCCCCCCCCCCCC(=O)OC[C@H](COC(=O)CCCCCCCCCCC(C)C)OC(=O)CCCCCCCCCCCCCCC(C)C. The molecule has 0 rings (SSSR count). The first-order valence-electron chi connectivity index (χ1n) is 28.1. The Labute approximate surface area is 393 Å². The molecular formula is C57H110O6. The van der Waals surface area contributed by atoms with Gasteiger partial charge in [-0.1, -0.05) is 273 Å². The molecule has 0 spiro atoms. The van der Waals surface area contributed by atoms with Crippen molar-refractivity contribution in [3.8, 4) is 0 Å². The van der Waals surface area contributed by atoms with Crippen molar-refractivity contribution in [2.24, 2.45) is 17.8 Å². The summed E-state index contributed by atoms with van der Waals surface area (Å²) in [7, 11) is 0. The molecule has 0 aliphatic carbocycles. The van der Waals surface area contributed by atoms with Crippen molar-refractivity contribution in [1.29, 1.82) is 0 Å². The fraction of sp³-hybridized carbons (Fsp3) is 0.947. The summed E-state index contributed by atoms with van der Waals surface area (Å²) in [5.41, 5.74) is 0. The molecule has 63 heavy (non-hydrogen) atoms. The molecule has 0 unspecified atom stereocenters. The lowest BCUT2D eigenvalue weighted by Crippen LogP contribution is -2.30. The van der Waals surface area contributed by atoms with Gasteiger partial charge < -0.3 is 14.2 Å². The summed E-state index contributed by atoms with van der Waals surface area (Å²) in [4.78, 5) is 38.0. The second-order valence-corrected chi connectivity index (χ2v) is 21.0. The Balaban J connectivity index is 4.26. The zero-order valence-corrected chi connectivity index (χ0v) is 43.4. The van der Waals surface area contributed by atoms with E-state index in [4.69, 9.17) is 14.2 Å². The molecule has 0 radical (unpaired) electrons. The van der Waals surface area contributed by atoms with Crippen molar-refractivity contribution >= 4 is 17.9 Å². The second-order valence-electron chi connectivity index (χ2n) is 21.0. The standard InChI is InChI=1S/C57H110O6/c1-51(2)43-37-31-25-19-15-11-9-7-8-10-12-17-21-28-34-40-46-55(58)61-49-54(50-62-56(59)47-41-35-29-24-23-27-33-39-45-53(5)6)63-57(60)48-42-36-30-22-18-14-13-16-20-26-32-38-44-52(3)4/h51-54H,7-50H2,1-6H3/t54-/m1/s1. The Hall–Kier alpha value is -1.59. The molecule has 0 aromatic rings. The van der Waals surface area contributed by atoms with Crippen molar-refractivity contribution in [2.75, 3.05) is 13.2 Å². The van der Waals surface area contributed by atoms with Crippen molar-refractivity contribution in [3.63, 3.8) is 0 Å². The van der Waals surface area contributed by atoms with Gasteiger partial charge >= 0.3 is 17.9 Å². The van der Waals surface area contributed by atoms with Crippen molar-refractivity contribution in [1.82, 2.24) is 0 Å². The van der Waals surface area contributed by atoms with Gasteiger partial charge in [0, 0.05) is 19.3 Å². The van der Waals surface area contributed by atoms with Crippen molar-refractivity contribution < 1.29 is 28.6 Å². The maximum Gasteiger partial charge on any atom is 0.306 e. The minimum atomic E-state index is -0.763. The van der Waals surface area contributed by atoms with Crippen LogP contribution in [0.4, 0.5) is 0 Å². The Bertz CT molecular complexity index is 976. The first-order valence-corrected chi connectivity index (χ1v) is 28.1. The predicted molar refractivity (Wildman–Crippen MR) is 270 cm³/mol. The van der Waals surface area contributed by atoms with E-state index in [1.165, 1.54) is 193 Å². The predicted octanol–water partition coefficient (Wildman–Crippen LogP) is 18.3. The summed E-state index contributed by atoms with van der Waals surface area (Å²) in [5.74, 6) is 1.63. The lowest BCUT2D eigenvalue weighted by atomic mass is 10.0. The van der Waals surface area contributed by atoms with Gasteiger partial charge in [0.1, 0.15) is 13.2 Å². The smallest absolute Gasteiger partial charge is 0.306 e. The van der Waals surface area contributed by atoms with Gasteiger partial charge in [0.25, 0.3) is 0 Å². The Morgan fingerprint density at radius 1 is 0.270 bits per heavy atom. The van der Waals surface area contributed by atoms with Gasteiger partial charge in [0.15, 0.2) is 6.10 Å². The molecule has 0 saturated carbocycles. The van der Waals surface area contributed by atoms with Crippen LogP contribution in [0.15, 0.2) is 0 Å². The molecule has 0 amide bonds. The summed E-state index contributed by atoms with van der Waals surface area (Å²) in [5, 5.41) is 0. The molecule has 374 valence electrons. The highest BCUT2D eigenvalue weighted by Crippen LogP contribution is 2.18. The summed E-state index contributed by atoms with van der Waals surface area (Å²) >= 11 is 0. The molecule has 0 aromatic heterocycles. The molecule has 0 heterocycles.